The highest BCUT2D eigenvalue weighted by Crippen LogP contribution is 2.26. The van der Waals surface area contributed by atoms with Crippen LogP contribution < -0.4 is 22.1 Å². The summed E-state index contributed by atoms with van der Waals surface area (Å²) >= 11 is 0. The smallest absolute Gasteiger partial charge is 0.227 e. The first-order chi connectivity index (χ1) is 13.1. The number of hydrogen-bond acceptors (Lipinski definition) is 7. The van der Waals surface area contributed by atoms with Gasteiger partial charge in [0.2, 0.25) is 5.95 Å². The summed E-state index contributed by atoms with van der Waals surface area (Å²) in [7, 11) is 0. The molecule has 0 radical (unpaired) electrons. The van der Waals surface area contributed by atoms with Gasteiger partial charge in [-0.1, -0.05) is 0 Å². The lowest BCUT2D eigenvalue weighted by Crippen LogP contribution is -2.33. The molecule has 8 nitrogen and oxygen atoms in total. The molecule has 1 aliphatic carbocycles. The number of aromatic nitrogens is 4. The van der Waals surface area contributed by atoms with Crippen LogP contribution in [0.4, 0.5) is 23.1 Å². The Labute approximate surface area is 158 Å². The molecule has 0 aliphatic heterocycles. The number of anilines is 4. The maximum Gasteiger partial charge on any atom is 0.227 e. The molecule has 1 saturated carbocycles. The van der Waals surface area contributed by atoms with Crippen LogP contribution in [0.5, 0.6) is 0 Å². The average molecular weight is 366 g/mol. The van der Waals surface area contributed by atoms with Crippen LogP contribution >= 0.6 is 0 Å². The minimum absolute atomic E-state index is 0.315. The zero-order valence-electron chi connectivity index (χ0n) is 15.5. The first-order valence-electron chi connectivity index (χ1n) is 9.50. The van der Waals surface area contributed by atoms with E-state index in [1.54, 1.807) is 6.33 Å². The van der Waals surface area contributed by atoms with Gasteiger partial charge in [-0.3, -0.25) is 0 Å². The molecule has 0 saturated heterocycles. The van der Waals surface area contributed by atoms with Crippen molar-refractivity contribution in [1.29, 1.82) is 0 Å². The molecule has 0 bridgehead atoms. The Bertz CT molecular complexity index is 909. The summed E-state index contributed by atoms with van der Waals surface area (Å²) in [6, 6.07) is 8.23. The van der Waals surface area contributed by atoms with Gasteiger partial charge in [-0.2, -0.15) is 9.97 Å². The molecular formula is C19H26N8. The molecule has 3 aromatic rings. The largest absolute Gasteiger partial charge is 0.399 e. The van der Waals surface area contributed by atoms with Gasteiger partial charge < -0.3 is 26.7 Å². The van der Waals surface area contributed by atoms with Crippen molar-refractivity contribution in [3.63, 3.8) is 0 Å². The molecule has 27 heavy (non-hydrogen) atoms. The maximum absolute atomic E-state index is 6.02. The van der Waals surface area contributed by atoms with Gasteiger partial charge in [0.25, 0.3) is 0 Å². The van der Waals surface area contributed by atoms with Gasteiger partial charge in [0, 0.05) is 30.0 Å². The standard InChI is InChI=1S/C19H26N8/c1-2-27-11-22-16-17(23-14-7-3-12(20)4-8-14)25-19(26-18(16)27)24-15-9-5-13(21)6-10-15/h3-4,7-8,11,13,15H,2,5-6,9-10,20-21H2,1H3,(H2,23,24,25,26)/t13-,15-. The normalized spacial score (nSPS) is 19.9. The van der Waals surface area contributed by atoms with Gasteiger partial charge in [0.1, 0.15) is 0 Å². The third-order valence-corrected chi connectivity index (χ3v) is 5.08. The molecule has 2 aromatic heterocycles. The number of nitrogens with one attached hydrogen (secondary N) is 2. The van der Waals surface area contributed by atoms with E-state index in [0.717, 1.165) is 54.8 Å². The van der Waals surface area contributed by atoms with Crippen molar-refractivity contribution < 1.29 is 0 Å². The van der Waals surface area contributed by atoms with Crippen LogP contribution in [0.25, 0.3) is 11.2 Å². The van der Waals surface area contributed by atoms with Crippen molar-refractivity contribution in [3.8, 4) is 0 Å². The number of imidazole rings is 1. The molecule has 1 aromatic carbocycles. The highest BCUT2D eigenvalue weighted by Gasteiger charge is 2.20. The van der Waals surface area contributed by atoms with Crippen LogP contribution in [0.1, 0.15) is 32.6 Å². The zero-order chi connectivity index (χ0) is 18.8. The van der Waals surface area contributed by atoms with Crippen molar-refractivity contribution >= 4 is 34.3 Å². The van der Waals surface area contributed by atoms with Gasteiger partial charge >= 0.3 is 0 Å². The summed E-state index contributed by atoms with van der Waals surface area (Å²) in [6.07, 6.45) is 5.94. The van der Waals surface area contributed by atoms with Gasteiger partial charge in [-0.25, -0.2) is 4.98 Å². The van der Waals surface area contributed by atoms with E-state index in [2.05, 4.69) is 22.5 Å². The molecule has 8 heteroatoms. The number of fused-ring (bicyclic) bond motifs is 1. The second-order valence-electron chi connectivity index (χ2n) is 7.10. The molecule has 1 fully saturated rings. The Morgan fingerprint density at radius 1 is 1.11 bits per heavy atom. The molecular weight excluding hydrogens is 340 g/mol. The summed E-state index contributed by atoms with van der Waals surface area (Å²) < 4.78 is 2.02. The molecule has 0 unspecified atom stereocenters. The van der Waals surface area contributed by atoms with Crippen LogP contribution in [-0.2, 0) is 6.54 Å². The fraction of sp³-hybridized carbons (Fsp3) is 0.421. The minimum Gasteiger partial charge on any atom is -0.399 e. The van der Waals surface area contributed by atoms with Crippen LogP contribution in [0.2, 0.25) is 0 Å². The first-order valence-corrected chi connectivity index (χ1v) is 9.50. The fourth-order valence-electron chi connectivity index (χ4n) is 3.48. The highest BCUT2D eigenvalue weighted by molar-refractivity contribution is 5.86. The Balaban J connectivity index is 1.66. The van der Waals surface area contributed by atoms with Gasteiger partial charge in [0.15, 0.2) is 17.0 Å². The molecule has 0 atom stereocenters. The zero-order valence-corrected chi connectivity index (χ0v) is 15.5. The van der Waals surface area contributed by atoms with E-state index < -0.39 is 0 Å². The average Bonchev–Trinajstić information content (AvgIpc) is 3.09. The molecule has 6 N–H and O–H groups in total. The predicted molar refractivity (Wildman–Crippen MR) is 109 cm³/mol. The number of aryl methyl sites for hydroxylation is 1. The van der Waals surface area contributed by atoms with E-state index in [9.17, 15) is 0 Å². The molecule has 4 rings (SSSR count). The van der Waals surface area contributed by atoms with Crippen LogP contribution in [0.3, 0.4) is 0 Å². The number of hydrogen-bond donors (Lipinski definition) is 4. The van der Waals surface area contributed by atoms with E-state index in [1.165, 1.54) is 0 Å². The second-order valence-corrected chi connectivity index (χ2v) is 7.10. The topological polar surface area (TPSA) is 120 Å². The third kappa shape index (κ3) is 3.80. The fourth-order valence-corrected chi connectivity index (χ4v) is 3.48. The number of nitrogens with zero attached hydrogens (tertiary/aromatic N) is 4. The lowest BCUT2D eigenvalue weighted by Gasteiger charge is -2.26. The number of rotatable bonds is 5. The summed E-state index contributed by atoms with van der Waals surface area (Å²) in [5.41, 5.74) is 15.0. The van der Waals surface area contributed by atoms with Crippen LogP contribution in [-0.4, -0.2) is 31.6 Å². The molecule has 142 valence electrons. The van der Waals surface area contributed by atoms with Gasteiger partial charge in [-0.15, -0.1) is 0 Å². The van der Waals surface area contributed by atoms with E-state index in [0.29, 0.717) is 23.8 Å². The molecule has 1 aliphatic rings. The predicted octanol–water partition coefficient (Wildman–Crippen LogP) is 2.85. The lowest BCUT2D eigenvalue weighted by molar-refractivity contribution is 0.410. The number of benzene rings is 1. The van der Waals surface area contributed by atoms with E-state index in [-0.39, 0.29) is 0 Å². The van der Waals surface area contributed by atoms with E-state index >= 15 is 0 Å². The van der Waals surface area contributed by atoms with Gasteiger partial charge in [-0.05, 0) is 56.9 Å². The first kappa shape index (κ1) is 17.5. The third-order valence-electron chi connectivity index (χ3n) is 5.08. The van der Waals surface area contributed by atoms with Gasteiger partial charge in [0.05, 0.1) is 6.33 Å². The summed E-state index contributed by atoms with van der Waals surface area (Å²) in [5, 5.41) is 6.84. The van der Waals surface area contributed by atoms with Crippen LogP contribution in [0.15, 0.2) is 30.6 Å². The van der Waals surface area contributed by atoms with Crippen molar-refractivity contribution in [1.82, 2.24) is 19.5 Å². The highest BCUT2D eigenvalue weighted by atomic mass is 15.2. The Morgan fingerprint density at radius 2 is 1.85 bits per heavy atom. The van der Waals surface area contributed by atoms with Crippen LogP contribution in [0, 0.1) is 0 Å². The molecule has 0 spiro atoms. The Morgan fingerprint density at radius 3 is 2.56 bits per heavy atom. The monoisotopic (exact) mass is 366 g/mol. The minimum atomic E-state index is 0.315. The molecule has 0 amide bonds. The van der Waals surface area contributed by atoms with E-state index in [4.69, 9.17) is 21.4 Å². The van der Waals surface area contributed by atoms with Crippen molar-refractivity contribution in [2.24, 2.45) is 5.73 Å². The van der Waals surface area contributed by atoms with E-state index in [1.807, 2.05) is 28.8 Å². The number of nitrogens with two attached hydrogens (primary N) is 2. The van der Waals surface area contributed by atoms with Crippen molar-refractivity contribution in [3.05, 3.63) is 30.6 Å². The number of nitrogen functional groups attached to an aromatic ring is 1. The maximum atomic E-state index is 6.02. The Hall–Kier alpha value is -2.87. The van der Waals surface area contributed by atoms with Crippen molar-refractivity contribution in [2.75, 3.05) is 16.4 Å². The van der Waals surface area contributed by atoms with Crippen molar-refractivity contribution in [2.45, 2.75) is 51.2 Å². The summed E-state index contributed by atoms with van der Waals surface area (Å²) in [5.74, 6) is 1.31. The summed E-state index contributed by atoms with van der Waals surface area (Å²) in [6.45, 7) is 2.87. The second kappa shape index (κ2) is 7.40. The Kier molecular flexibility index (Phi) is 4.81. The summed E-state index contributed by atoms with van der Waals surface area (Å²) in [4.78, 5) is 13.9. The SMILES string of the molecule is CCn1cnc2c(Nc3ccc(N)cc3)nc(N[C@H]3CC[C@H](N)CC3)nc21. The quantitative estimate of drug-likeness (QED) is 0.512. The molecule has 2 heterocycles. The lowest BCUT2D eigenvalue weighted by atomic mass is 9.92.